The van der Waals surface area contributed by atoms with Gasteiger partial charge in [-0.15, -0.1) is 0 Å². The summed E-state index contributed by atoms with van der Waals surface area (Å²) in [6.45, 7) is 4.27. The first-order valence-corrected chi connectivity index (χ1v) is 7.38. The molecule has 2 unspecified atom stereocenters. The van der Waals surface area contributed by atoms with Gasteiger partial charge < -0.3 is 10.1 Å². The molecule has 0 spiro atoms. The summed E-state index contributed by atoms with van der Waals surface area (Å²) < 4.78 is 43.6. The Balaban J connectivity index is 2.09. The molecule has 2 rings (SSSR count). The molecule has 1 saturated carbocycles. The third-order valence-electron chi connectivity index (χ3n) is 4.91. The van der Waals surface area contributed by atoms with Crippen LogP contribution in [0.5, 0.6) is 5.75 Å². The quantitative estimate of drug-likeness (QED) is 0.878. The topological polar surface area (TPSA) is 21.3 Å². The molecule has 0 saturated heterocycles. The molecule has 1 fully saturated rings. The number of hydrogen-bond acceptors (Lipinski definition) is 2. The second-order valence-corrected chi connectivity index (χ2v) is 5.65. The van der Waals surface area contributed by atoms with E-state index in [1.54, 1.807) is 0 Å². The molecule has 0 aromatic heterocycles. The Morgan fingerprint density at radius 2 is 1.76 bits per heavy atom. The van der Waals surface area contributed by atoms with Gasteiger partial charge in [-0.05, 0) is 44.2 Å². The zero-order chi connectivity index (χ0) is 15.7. The molecule has 2 atom stereocenters. The predicted octanol–water partition coefficient (Wildman–Crippen LogP) is 4.25. The van der Waals surface area contributed by atoms with Crippen molar-refractivity contribution in [3.05, 3.63) is 29.8 Å². The van der Waals surface area contributed by atoms with Gasteiger partial charge >= 0.3 is 6.18 Å². The summed E-state index contributed by atoms with van der Waals surface area (Å²) in [6, 6.07) is 5.37. The lowest BCUT2D eigenvalue weighted by Gasteiger charge is -2.55. The SMILES string of the molecule is CCC1(CC)C(NC)CC1Oc1ccc(C(F)(F)F)cc1. The van der Waals surface area contributed by atoms with Crippen molar-refractivity contribution in [3.63, 3.8) is 0 Å². The van der Waals surface area contributed by atoms with Crippen LogP contribution >= 0.6 is 0 Å². The monoisotopic (exact) mass is 301 g/mol. The largest absolute Gasteiger partial charge is 0.490 e. The molecule has 0 heterocycles. The van der Waals surface area contributed by atoms with Crippen LogP contribution in [0, 0.1) is 5.41 Å². The van der Waals surface area contributed by atoms with Crippen molar-refractivity contribution >= 4 is 0 Å². The van der Waals surface area contributed by atoms with Crippen LogP contribution in [0.4, 0.5) is 13.2 Å². The molecule has 1 aromatic carbocycles. The van der Waals surface area contributed by atoms with E-state index in [9.17, 15) is 13.2 Å². The molecule has 0 aliphatic heterocycles. The van der Waals surface area contributed by atoms with Crippen LogP contribution in [0.2, 0.25) is 0 Å². The number of nitrogens with one attached hydrogen (secondary N) is 1. The third-order valence-corrected chi connectivity index (χ3v) is 4.91. The Kier molecular flexibility index (Phi) is 4.51. The first kappa shape index (κ1) is 16.1. The molecule has 1 N–H and O–H groups in total. The minimum Gasteiger partial charge on any atom is -0.490 e. The van der Waals surface area contributed by atoms with Crippen LogP contribution in [-0.4, -0.2) is 19.2 Å². The van der Waals surface area contributed by atoms with Crippen molar-refractivity contribution in [1.29, 1.82) is 0 Å². The van der Waals surface area contributed by atoms with Crippen LogP contribution in [0.15, 0.2) is 24.3 Å². The molecule has 1 aliphatic rings. The van der Waals surface area contributed by atoms with Gasteiger partial charge in [-0.2, -0.15) is 13.2 Å². The van der Waals surface area contributed by atoms with Gasteiger partial charge in [-0.3, -0.25) is 0 Å². The van der Waals surface area contributed by atoms with Gasteiger partial charge in [0.2, 0.25) is 0 Å². The Hall–Kier alpha value is -1.23. The predicted molar refractivity (Wildman–Crippen MR) is 76.3 cm³/mol. The zero-order valence-corrected chi connectivity index (χ0v) is 12.6. The Bertz CT molecular complexity index is 465. The fourth-order valence-electron chi connectivity index (χ4n) is 3.40. The van der Waals surface area contributed by atoms with E-state index < -0.39 is 11.7 Å². The van der Waals surface area contributed by atoms with Crippen LogP contribution in [0.1, 0.15) is 38.7 Å². The van der Waals surface area contributed by atoms with Gasteiger partial charge in [0, 0.05) is 17.9 Å². The highest BCUT2D eigenvalue weighted by molar-refractivity contribution is 5.29. The van der Waals surface area contributed by atoms with E-state index in [4.69, 9.17) is 4.74 Å². The van der Waals surface area contributed by atoms with E-state index in [2.05, 4.69) is 19.2 Å². The summed E-state index contributed by atoms with van der Waals surface area (Å²) in [4.78, 5) is 0. The third kappa shape index (κ3) is 2.89. The van der Waals surface area contributed by atoms with Gasteiger partial charge in [0.05, 0.1) is 5.56 Å². The highest BCUT2D eigenvalue weighted by Crippen LogP contribution is 2.48. The van der Waals surface area contributed by atoms with E-state index in [1.165, 1.54) is 12.1 Å². The van der Waals surface area contributed by atoms with Crippen molar-refractivity contribution in [2.24, 2.45) is 5.41 Å². The minimum absolute atomic E-state index is 0.0571. The average molecular weight is 301 g/mol. The van der Waals surface area contributed by atoms with E-state index in [0.717, 1.165) is 31.4 Å². The maximum Gasteiger partial charge on any atom is 0.416 e. The second kappa shape index (κ2) is 5.87. The summed E-state index contributed by atoms with van der Waals surface area (Å²) in [5.41, 5.74) is -0.578. The maximum atomic E-state index is 12.5. The lowest BCUT2D eigenvalue weighted by Crippen LogP contribution is -2.63. The van der Waals surface area contributed by atoms with E-state index >= 15 is 0 Å². The van der Waals surface area contributed by atoms with Gasteiger partial charge in [0.15, 0.2) is 0 Å². The smallest absolute Gasteiger partial charge is 0.416 e. The molecule has 2 nitrogen and oxygen atoms in total. The first-order chi connectivity index (χ1) is 9.87. The number of hydrogen-bond donors (Lipinski definition) is 1. The number of alkyl halides is 3. The Morgan fingerprint density at radius 1 is 1.19 bits per heavy atom. The van der Waals surface area contributed by atoms with E-state index in [0.29, 0.717) is 11.8 Å². The molecular weight excluding hydrogens is 279 g/mol. The number of rotatable bonds is 5. The molecular formula is C16H22F3NO. The van der Waals surface area contributed by atoms with Gasteiger partial charge in [0.1, 0.15) is 11.9 Å². The summed E-state index contributed by atoms with van der Waals surface area (Å²) in [5.74, 6) is 0.508. The number of ether oxygens (including phenoxy) is 1. The Morgan fingerprint density at radius 3 is 2.19 bits per heavy atom. The summed E-state index contributed by atoms with van der Waals surface area (Å²) in [5, 5.41) is 3.31. The van der Waals surface area contributed by atoms with Crippen molar-refractivity contribution in [1.82, 2.24) is 5.32 Å². The average Bonchev–Trinajstić information content (AvgIpc) is 2.44. The summed E-state index contributed by atoms with van der Waals surface area (Å²) in [7, 11) is 1.94. The van der Waals surface area contributed by atoms with Crippen LogP contribution in [0.3, 0.4) is 0 Å². The van der Waals surface area contributed by atoms with Gasteiger partial charge in [-0.25, -0.2) is 0 Å². The molecule has 0 radical (unpaired) electrons. The van der Waals surface area contributed by atoms with Crippen molar-refractivity contribution < 1.29 is 17.9 Å². The van der Waals surface area contributed by atoms with E-state index in [1.807, 2.05) is 7.05 Å². The molecule has 21 heavy (non-hydrogen) atoms. The molecule has 1 aromatic rings. The van der Waals surface area contributed by atoms with Crippen molar-refractivity contribution in [3.8, 4) is 5.75 Å². The van der Waals surface area contributed by atoms with Crippen LogP contribution in [0.25, 0.3) is 0 Å². The molecule has 0 bridgehead atoms. The fraction of sp³-hybridized carbons (Fsp3) is 0.625. The lowest BCUT2D eigenvalue weighted by molar-refractivity contribution is -0.137. The Labute approximate surface area is 123 Å². The zero-order valence-electron chi connectivity index (χ0n) is 12.6. The molecule has 0 amide bonds. The second-order valence-electron chi connectivity index (χ2n) is 5.65. The highest BCUT2D eigenvalue weighted by Gasteiger charge is 2.53. The van der Waals surface area contributed by atoms with Gasteiger partial charge in [-0.1, -0.05) is 13.8 Å². The van der Waals surface area contributed by atoms with Crippen molar-refractivity contribution in [2.75, 3.05) is 7.05 Å². The highest BCUT2D eigenvalue weighted by atomic mass is 19.4. The van der Waals surface area contributed by atoms with Crippen molar-refractivity contribution in [2.45, 2.75) is 51.4 Å². The molecule has 1 aliphatic carbocycles. The number of halogens is 3. The van der Waals surface area contributed by atoms with Gasteiger partial charge in [0.25, 0.3) is 0 Å². The molecule has 118 valence electrons. The normalized spacial score (nSPS) is 24.5. The van der Waals surface area contributed by atoms with Crippen LogP contribution in [-0.2, 0) is 6.18 Å². The number of benzene rings is 1. The standard InChI is InChI=1S/C16H22F3NO/c1-4-15(5-2)13(20-3)10-14(15)21-12-8-6-11(7-9-12)16(17,18)19/h6-9,13-14,20H,4-5,10H2,1-3H3. The fourth-order valence-corrected chi connectivity index (χ4v) is 3.40. The summed E-state index contributed by atoms with van der Waals surface area (Å²) >= 11 is 0. The summed E-state index contributed by atoms with van der Waals surface area (Å²) in [6.07, 6.45) is -1.38. The van der Waals surface area contributed by atoms with E-state index in [-0.39, 0.29) is 11.5 Å². The minimum atomic E-state index is -4.30. The molecule has 5 heteroatoms. The maximum absolute atomic E-state index is 12.5. The van der Waals surface area contributed by atoms with Crippen LogP contribution < -0.4 is 10.1 Å². The lowest BCUT2D eigenvalue weighted by atomic mass is 9.58. The first-order valence-electron chi connectivity index (χ1n) is 7.38.